The molecule has 1 aromatic carbocycles. The number of carboxylic acids is 1. The number of aliphatic hydroxyl groups excluding tert-OH is 1. The number of hydrogen-bond acceptors (Lipinski definition) is 2. The van der Waals surface area contributed by atoms with E-state index >= 15 is 0 Å². The van der Waals surface area contributed by atoms with Crippen LogP contribution in [0.5, 0.6) is 0 Å². The molecule has 0 saturated heterocycles. The number of nitrogens with one attached hydrogen (secondary N) is 1. The number of H-pyrrole nitrogens is 1. The molecule has 0 aliphatic carbocycles. The lowest BCUT2D eigenvalue weighted by molar-refractivity contribution is -0.139. The monoisotopic (exact) mass is 219 g/mol. The van der Waals surface area contributed by atoms with Crippen molar-refractivity contribution in [3.05, 3.63) is 36.0 Å². The van der Waals surface area contributed by atoms with Crippen LogP contribution in [0.3, 0.4) is 0 Å². The molecule has 4 nitrogen and oxygen atoms in total. The van der Waals surface area contributed by atoms with Gasteiger partial charge in [-0.05, 0) is 11.6 Å². The lowest BCUT2D eigenvalue weighted by Crippen LogP contribution is -2.15. The van der Waals surface area contributed by atoms with Crippen LogP contribution < -0.4 is 0 Å². The molecule has 0 aliphatic rings. The summed E-state index contributed by atoms with van der Waals surface area (Å²) in [6.07, 6.45) is 1.11. The largest absolute Gasteiger partial charge is 0.481 e. The Kier molecular flexibility index (Phi) is 2.92. The maximum Gasteiger partial charge on any atom is 0.305 e. The zero-order valence-electron chi connectivity index (χ0n) is 8.68. The first-order valence-corrected chi connectivity index (χ1v) is 5.11. The molecule has 0 unspecified atom stereocenters. The summed E-state index contributed by atoms with van der Waals surface area (Å²) in [6.45, 7) is 0. The molecule has 0 spiro atoms. The number of aliphatic hydroxyl groups is 1. The topological polar surface area (TPSA) is 73.3 Å². The Bertz CT molecular complexity index is 504. The number of benzene rings is 1. The quantitative estimate of drug-likeness (QED) is 0.730. The number of hydrogen-bond donors (Lipinski definition) is 3. The molecule has 1 heterocycles. The Morgan fingerprint density at radius 3 is 2.88 bits per heavy atom. The van der Waals surface area contributed by atoms with E-state index in [-0.39, 0.29) is 6.42 Å². The van der Waals surface area contributed by atoms with Gasteiger partial charge in [0, 0.05) is 23.5 Å². The lowest BCUT2D eigenvalue weighted by atomic mass is 10.1. The second-order valence-electron chi connectivity index (χ2n) is 3.82. The van der Waals surface area contributed by atoms with Crippen LogP contribution in [-0.2, 0) is 11.2 Å². The molecule has 1 atom stereocenters. The van der Waals surface area contributed by atoms with Gasteiger partial charge in [0.15, 0.2) is 0 Å². The fraction of sp³-hybridized carbons (Fsp3) is 0.250. The molecular weight excluding hydrogens is 206 g/mol. The van der Waals surface area contributed by atoms with Crippen molar-refractivity contribution in [1.29, 1.82) is 0 Å². The minimum atomic E-state index is -0.979. The van der Waals surface area contributed by atoms with Gasteiger partial charge in [-0.1, -0.05) is 18.2 Å². The predicted octanol–water partition coefficient (Wildman–Crippen LogP) is 1.55. The molecule has 0 aliphatic heterocycles. The Hall–Kier alpha value is -1.81. The van der Waals surface area contributed by atoms with E-state index in [1.54, 1.807) is 0 Å². The van der Waals surface area contributed by atoms with Gasteiger partial charge in [0.25, 0.3) is 0 Å². The summed E-state index contributed by atoms with van der Waals surface area (Å²) >= 11 is 0. The van der Waals surface area contributed by atoms with Crippen molar-refractivity contribution in [2.75, 3.05) is 0 Å². The smallest absolute Gasteiger partial charge is 0.305 e. The Balaban J connectivity index is 2.18. The van der Waals surface area contributed by atoms with E-state index in [9.17, 15) is 9.90 Å². The summed E-state index contributed by atoms with van der Waals surface area (Å²) in [5, 5.41) is 19.1. The minimum Gasteiger partial charge on any atom is -0.481 e. The van der Waals surface area contributed by atoms with Crippen molar-refractivity contribution < 1.29 is 15.0 Å². The van der Waals surface area contributed by atoms with Crippen LogP contribution in [0.1, 0.15) is 12.0 Å². The zero-order valence-corrected chi connectivity index (χ0v) is 8.68. The molecule has 16 heavy (non-hydrogen) atoms. The molecule has 0 bridgehead atoms. The summed E-state index contributed by atoms with van der Waals surface area (Å²) in [4.78, 5) is 13.5. The van der Waals surface area contributed by atoms with Crippen molar-refractivity contribution >= 4 is 16.9 Å². The van der Waals surface area contributed by atoms with E-state index in [1.807, 2.05) is 30.5 Å². The molecule has 0 fully saturated rings. The van der Waals surface area contributed by atoms with Crippen molar-refractivity contribution in [3.63, 3.8) is 0 Å². The van der Waals surface area contributed by atoms with Crippen LogP contribution >= 0.6 is 0 Å². The molecule has 1 aromatic heterocycles. The van der Waals surface area contributed by atoms with E-state index in [0.717, 1.165) is 16.5 Å². The van der Waals surface area contributed by atoms with Gasteiger partial charge in [-0.2, -0.15) is 0 Å². The minimum absolute atomic E-state index is 0.223. The molecular formula is C12H13NO3. The average molecular weight is 219 g/mol. The second-order valence-corrected chi connectivity index (χ2v) is 3.82. The van der Waals surface area contributed by atoms with Crippen molar-refractivity contribution in [3.8, 4) is 0 Å². The number of aliphatic carboxylic acids is 1. The van der Waals surface area contributed by atoms with Gasteiger partial charge >= 0.3 is 5.97 Å². The molecule has 2 rings (SSSR count). The van der Waals surface area contributed by atoms with Gasteiger partial charge < -0.3 is 15.2 Å². The van der Waals surface area contributed by atoms with Gasteiger partial charge in [-0.15, -0.1) is 0 Å². The van der Waals surface area contributed by atoms with E-state index in [4.69, 9.17) is 5.11 Å². The highest BCUT2D eigenvalue weighted by atomic mass is 16.4. The summed E-state index contributed by atoms with van der Waals surface area (Å²) in [6, 6.07) is 7.75. The van der Waals surface area contributed by atoms with Gasteiger partial charge in [-0.25, -0.2) is 0 Å². The summed E-state index contributed by atoms with van der Waals surface area (Å²) in [5.41, 5.74) is 1.95. The van der Waals surface area contributed by atoms with Gasteiger partial charge in [0.05, 0.1) is 12.5 Å². The molecule has 3 N–H and O–H groups in total. The van der Waals surface area contributed by atoms with Gasteiger partial charge in [-0.3, -0.25) is 4.79 Å². The fourth-order valence-corrected chi connectivity index (χ4v) is 1.83. The SMILES string of the molecule is O=C(O)C[C@@H](O)Cc1c[nH]c2ccccc12. The third kappa shape index (κ3) is 2.23. The van der Waals surface area contributed by atoms with Crippen LogP contribution in [0.4, 0.5) is 0 Å². The first-order valence-electron chi connectivity index (χ1n) is 5.11. The zero-order chi connectivity index (χ0) is 11.5. The van der Waals surface area contributed by atoms with Crippen LogP contribution in [0.2, 0.25) is 0 Å². The van der Waals surface area contributed by atoms with Crippen LogP contribution in [0, 0.1) is 0 Å². The van der Waals surface area contributed by atoms with Gasteiger partial charge in [0.2, 0.25) is 0 Å². The maximum absolute atomic E-state index is 10.4. The average Bonchev–Trinajstić information content (AvgIpc) is 2.61. The standard InChI is InChI=1S/C12H13NO3/c14-9(6-12(15)16)5-8-7-13-11-4-2-1-3-10(8)11/h1-4,7,9,13-14H,5-6H2,(H,15,16)/t9-/m0/s1. The van der Waals surface area contributed by atoms with E-state index in [1.165, 1.54) is 0 Å². The maximum atomic E-state index is 10.4. The molecule has 2 aromatic rings. The van der Waals surface area contributed by atoms with Crippen LogP contribution in [-0.4, -0.2) is 27.3 Å². The van der Waals surface area contributed by atoms with Crippen molar-refractivity contribution in [2.45, 2.75) is 18.9 Å². The Morgan fingerprint density at radius 1 is 1.38 bits per heavy atom. The molecule has 0 saturated carbocycles. The number of rotatable bonds is 4. The highest BCUT2D eigenvalue weighted by Gasteiger charge is 2.12. The highest BCUT2D eigenvalue weighted by Crippen LogP contribution is 2.19. The normalized spacial score (nSPS) is 12.8. The van der Waals surface area contributed by atoms with E-state index < -0.39 is 12.1 Å². The lowest BCUT2D eigenvalue weighted by Gasteiger charge is -2.06. The Morgan fingerprint density at radius 2 is 2.12 bits per heavy atom. The number of fused-ring (bicyclic) bond motifs is 1. The third-order valence-electron chi connectivity index (χ3n) is 2.54. The first-order chi connectivity index (χ1) is 7.66. The second kappa shape index (κ2) is 4.37. The van der Waals surface area contributed by atoms with E-state index in [2.05, 4.69) is 4.98 Å². The van der Waals surface area contributed by atoms with Crippen molar-refractivity contribution in [2.24, 2.45) is 0 Å². The summed E-state index contributed by atoms with van der Waals surface area (Å²) in [5.74, 6) is -0.979. The number of para-hydroxylation sites is 1. The van der Waals surface area contributed by atoms with Crippen LogP contribution in [0.25, 0.3) is 10.9 Å². The van der Waals surface area contributed by atoms with Crippen molar-refractivity contribution in [1.82, 2.24) is 4.98 Å². The highest BCUT2D eigenvalue weighted by molar-refractivity contribution is 5.83. The fourth-order valence-electron chi connectivity index (χ4n) is 1.83. The Labute approximate surface area is 92.5 Å². The van der Waals surface area contributed by atoms with E-state index in [0.29, 0.717) is 6.42 Å². The first kappa shape index (κ1) is 10.7. The predicted molar refractivity (Wildman–Crippen MR) is 60.3 cm³/mol. The molecule has 0 amide bonds. The summed E-state index contributed by atoms with van der Waals surface area (Å²) < 4.78 is 0. The van der Waals surface area contributed by atoms with Gasteiger partial charge in [0.1, 0.15) is 0 Å². The number of aromatic amines is 1. The molecule has 84 valence electrons. The molecule has 0 radical (unpaired) electrons. The number of aromatic nitrogens is 1. The molecule has 4 heteroatoms. The van der Waals surface area contributed by atoms with Crippen LogP contribution in [0.15, 0.2) is 30.5 Å². The number of carboxylic acid groups (broad SMARTS) is 1. The third-order valence-corrected chi connectivity index (χ3v) is 2.54. The number of carbonyl (C=O) groups is 1. The summed E-state index contributed by atoms with van der Waals surface area (Å²) in [7, 11) is 0.